The van der Waals surface area contributed by atoms with Crippen molar-refractivity contribution in [2.24, 2.45) is 0 Å². The van der Waals surface area contributed by atoms with Crippen LogP contribution in [-0.4, -0.2) is 10.9 Å². The zero-order valence-electron chi connectivity index (χ0n) is 16.7. The predicted molar refractivity (Wildman–Crippen MR) is 116 cm³/mol. The minimum absolute atomic E-state index is 0.0165. The molecule has 0 aliphatic rings. The minimum Gasteiger partial charge on any atom is -0.326 e. The van der Waals surface area contributed by atoms with Gasteiger partial charge in [-0.05, 0) is 47.4 Å². The lowest BCUT2D eigenvalue weighted by Crippen LogP contribution is -2.15. The maximum atomic E-state index is 13.5. The van der Waals surface area contributed by atoms with E-state index in [4.69, 9.17) is 0 Å². The molecule has 0 fully saturated rings. The first-order valence-corrected chi connectivity index (χ1v) is 9.72. The summed E-state index contributed by atoms with van der Waals surface area (Å²) in [6.07, 6.45) is -3.17. The molecule has 1 aromatic heterocycles. The highest BCUT2D eigenvalue weighted by molar-refractivity contribution is 6.00. The molecule has 0 saturated heterocycles. The maximum absolute atomic E-state index is 13.5. The molecule has 0 unspecified atom stereocenters. The molecular formula is C25H19F3N2O. The Hall–Kier alpha value is -3.67. The number of carbonyl (C=O) groups excluding carboxylic acids is 1. The summed E-state index contributed by atoms with van der Waals surface area (Å²) in [5, 5.41) is 3.21. The number of carbonyl (C=O) groups is 1. The summed E-state index contributed by atoms with van der Waals surface area (Å²) in [5.74, 6) is -0.268. The van der Waals surface area contributed by atoms with Crippen LogP contribution in [0.4, 0.5) is 18.9 Å². The van der Waals surface area contributed by atoms with E-state index < -0.39 is 11.7 Å². The van der Waals surface area contributed by atoms with E-state index in [2.05, 4.69) is 10.3 Å². The van der Waals surface area contributed by atoms with Crippen LogP contribution in [0.3, 0.4) is 0 Å². The van der Waals surface area contributed by atoms with Crippen LogP contribution >= 0.6 is 0 Å². The highest BCUT2D eigenvalue weighted by Gasteiger charge is 2.33. The molecule has 0 aliphatic heterocycles. The summed E-state index contributed by atoms with van der Waals surface area (Å²) in [7, 11) is 0. The number of benzene rings is 3. The number of rotatable bonds is 4. The molecule has 0 radical (unpaired) electrons. The van der Waals surface area contributed by atoms with Crippen molar-refractivity contribution in [2.75, 3.05) is 5.32 Å². The van der Waals surface area contributed by atoms with Gasteiger partial charge in [-0.3, -0.25) is 9.78 Å². The van der Waals surface area contributed by atoms with Gasteiger partial charge in [0.15, 0.2) is 0 Å². The van der Waals surface area contributed by atoms with E-state index in [1.165, 1.54) is 12.3 Å². The van der Waals surface area contributed by atoms with Gasteiger partial charge in [0, 0.05) is 17.3 Å². The smallest absolute Gasteiger partial charge is 0.326 e. The van der Waals surface area contributed by atoms with Crippen molar-refractivity contribution in [3.8, 4) is 11.1 Å². The zero-order valence-corrected chi connectivity index (χ0v) is 16.7. The van der Waals surface area contributed by atoms with Crippen LogP contribution in [-0.2, 0) is 17.4 Å². The third kappa shape index (κ3) is 4.43. The fraction of sp³-hybridized carbons (Fsp3) is 0.120. The number of hydrogen-bond donors (Lipinski definition) is 1. The molecule has 1 N–H and O–H groups in total. The van der Waals surface area contributed by atoms with Gasteiger partial charge in [-0.1, -0.05) is 54.6 Å². The Morgan fingerprint density at radius 1 is 0.968 bits per heavy atom. The third-order valence-electron chi connectivity index (χ3n) is 5.00. The number of anilines is 1. The van der Waals surface area contributed by atoms with Crippen molar-refractivity contribution in [1.82, 2.24) is 4.98 Å². The van der Waals surface area contributed by atoms with E-state index in [0.717, 1.165) is 17.2 Å². The number of nitrogens with one attached hydrogen (secondary N) is 1. The Morgan fingerprint density at radius 3 is 2.42 bits per heavy atom. The van der Waals surface area contributed by atoms with Gasteiger partial charge >= 0.3 is 6.18 Å². The monoisotopic (exact) mass is 420 g/mol. The summed E-state index contributed by atoms with van der Waals surface area (Å²) in [6.45, 7) is 1.93. The zero-order chi connectivity index (χ0) is 22.0. The number of amides is 1. The molecule has 31 heavy (non-hydrogen) atoms. The second kappa shape index (κ2) is 8.22. The molecule has 0 spiro atoms. The molecule has 0 atom stereocenters. The SMILES string of the molecule is Cc1cccc(NC(=O)Cc2cnc3c(C(F)(F)F)cccc3c2-c2ccccc2)c1. The lowest BCUT2D eigenvalue weighted by atomic mass is 9.93. The second-order valence-electron chi connectivity index (χ2n) is 7.32. The van der Waals surface area contributed by atoms with E-state index in [1.807, 2.05) is 55.5 Å². The molecule has 0 saturated carbocycles. The summed E-state index contributed by atoms with van der Waals surface area (Å²) >= 11 is 0. The fourth-order valence-electron chi connectivity index (χ4n) is 3.67. The van der Waals surface area contributed by atoms with Gasteiger partial charge in [-0.25, -0.2) is 0 Å². The van der Waals surface area contributed by atoms with Crippen molar-refractivity contribution in [2.45, 2.75) is 19.5 Å². The van der Waals surface area contributed by atoms with E-state index in [9.17, 15) is 18.0 Å². The molecule has 6 heteroatoms. The summed E-state index contributed by atoms with van der Waals surface area (Å²) in [6, 6.07) is 20.5. The minimum atomic E-state index is -4.52. The van der Waals surface area contributed by atoms with E-state index in [0.29, 0.717) is 22.2 Å². The number of halogens is 3. The number of nitrogens with zero attached hydrogens (tertiary/aromatic N) is 1. The van der Waals surface area contributed by atoms with E-state index in [-0.39, 0.29) is 17.8 Å². The maximum Gasteiger partial charge on any atom is 0.418 e. The Morgan fingerprint density at radius 2 is 1.71 bits per heavy atom. The number of alkyl halides is 3. The molecule has 156 valence electrons. The van der Waals surface area contributed by atoms with E-state index in [1.54, 1.807) is 12.1 Å². The Labute approximate surface area is 177 Å². The van der Waals surface area contributed by atoms with Crippen LogP contribution in [0, 0.1) is 6.92 Å². The molecule has 3 nitrogen and oxygen atoms in total. The Kier molecular flexibility index (Phi) is 5.46. The van der Waals surface area contributed by atoms with Crippen molar-refractivity contribution in [3.63, 3.8) is 0 Å². The van der Waals surface area contributed by atoms with Crippen LogP contribution in [0.1, 0.15) is 16.7 Å². The Balaban J connectivity index is 1.81. The number of hydrogen-bond acceptors (Lipinski definition) is 2. The lowest BCUT2D eigenvalue weighted by molar-refractivity contribution is -0.136. The second-order valence-corrected chi connectivity index (χ2v) is 7.32. The van der Waals surface area contributed by atoms with Gasteiger partial charge in [-0.15, -0.1) is 0 Å². The molecule has 1 heterocycles. The largest absolute Gasteiger partial charge is 0.418 e. The van der Waals surface area contributed by atoms with Gasteiger partial charge in [0.2, 0.25) is 5.91 Å². The van der Waals surface area contributed by atoms with Crippen LogP contribution in [0.25, 0.3) is 22.0 Å². The molecule has 0 bridgehead atoms. The van der Waals surface area contributed by atoms with Gasteiger partial charge in [-0.2, -0.15) is 13.2 Å². The molecular weight excluding hydrogens is 401 g/mol. The third-order valence-corrected chi connectivity index (χ3v) is 5.00. The van der Waals surface area contributed by atoms with Crippen LogP contribution < -0.4 is 5.32 Å². The van der Waals surface area contributed by atoms with Gasteiger partial charge < -0.3 is 5.32 Å². The molecule has 4 rings (SSSR count). The van der Waals surface area contributed by atoms with Crippen molar-refractivity contribution >= 4 is 22.5 Å². The van der Waals surface area contributed by atoms with Gasteiger partial charge in [0.25, 0.3) is 0 Å². The first-order valence-electron chi connectivity index (χ1n) is 9.72. The van der Waals surface area contributed by atoms with E-state index >= 15 is 0 Å². The average molecular weight is 420 g/mol. The van der Waals surface area contributed by atoms with Crippen molar-refractivity contribution in [3.05, 3.63) is 95.7 Å². The predicted octanol–water partition coefficient (Wildman–Crippen LogP) is 6.41. The number of aromatic nitrogens is 1. The fourth-order valence-corrected chi connectivity index (χ4v) is 3.67. The molecule has 4 aromatic rings. The normalized spacial score (nSPS) is 11.5. The van der Waals surface area contributed by atoms with Crippen molar-refractivity contribution in [1.29, 1.82) is 0 Å². The molecule has 0 aliphatic carbocycles. The summed E-state index contributed by atoms with van der Waals surface area (Å²) in [4.78, 5) is 16.8. The topological polar surface area (TPSA) is 42.0 Å². The first kappa shape index (κ1) is 20.6. The highest BCUT2D eigenvalue weighted by Crippen LogP contribution is 2.38. The first-order chi connectivity index (χ1) is 14.8. The number of para-hydroxylation sites is 1. The standard InChI is InChI=1S/C25H19F3N2O/c1-16-7-5-10-19(13-16)30-22(31)14-18-15-29-24-20(11-6-12-21(24)25(26,27)28)23(18)17-8-3-2-4-9-17/h2-13,15H,14H2,1H3,(H,30,31). The number of pyridine rings is 1. The highest BCUT2D eigenvalue weighted by atomic mass is 19.4. The van der Waals surface area contributed by atoms with Gasteiger partial charge in [0.05, 0.1) is 17.5 Å². The quantitative estimate of drug-likeness (QED) is 0.414. The Bertz CT molecular complexity index is 1250. The lowest BCUT2D eigenvalue weighted by Gasteiger charge is -2.16. The summed E-state index contributed by atoms with van der Waals surface area (Å²) in [5.41, 5.74) is 2.62. The van der Waals surface area contributed by atoms with Crippen molar-refractivity contribution < 1.29 is 18.0 Å². The average Bonchev–Trinajstić information content (AvgIpc) is 2.73. The van der Waals surface area contributed by atoms with Crippen LogP contribution in [0.15, 0.2) is 79.0 Å². The summed E-state index contributed by atoms with van der Waals surface area (Å²) < 4.78 is 40.6. The number of aryl methyl sites for hydroxylation is 1. The molecule has 1 amide bonds. The molecule has 3 aromatic carbocycles. The van der Waals surface area contributed by atoms with Gasteiger partial charge in [0.1, 0.15) is 0 Å². The van der Waals surface area contributed by atoms with Crippen LogP contribution in [0.5, 0.6) is 0 Å². The van der Waals surface area contributed by atoms with Crippen LogP contribution in [0.2, 0.25) is 0 Å². The number of fused-ring (bicyclic) bond motifs is 1.